The number of primary amides is 1. The molecule has 7 atom stereocenters. The number of carbonyl (C=O) groups is 8. The summed E-state index contributed by atoms with van der Waals surface area (Å²) in [5, 5.41) is 39.8. The minimum Gasteiger partial charge on any atom is -0.383 e. The van der Waals surface area contributed by atoms with E-state index in [0.717, 1.165) is 17.3 Å². The summed E-state index contributed by atoms with van der Waals surface area (Å²) in [4.78, 5) is 129. The van der Waals surface area contributed by atoms with Gasteiger partial charge in [-0.15, -0.1) is 0 Å². The van der Waals surface area contributed by atoms with Gasteiger partial charge < -0.3 is 52.8 Å². The van der Waals surface area contributed by atoms with Gasteiger partial charge in [0.25, 0.3) is 5.91 Å². The summed E-state index contributed by atoms with van der Waals surface area (Å²) in [5.41, 5.74) is 9.08. The third kappa shape index (κ3) is 16.4. The molecule has 7 aromatic rings. The summed E-state index contributed by atoms with van der Waals surface area (Å²) in [5.74, 6) is -5.22. The molecular weight excluding hydrogens is 1100 g/mol. The molecule has 1 aliphatic rings. The number of carbonyl (C=O) groups excluding carboxylic acids is 8. The number of nitro groups is 1. The number of benzene rings is 5. The van der Waals surface area contributed by atoms with Gasteiger partial charge >= 0.3 is 5.69 Å². The number of likely N-dealkylation sites (tertiary alicyclic amines) is 1. The Hall–Kier alpha value is -10.0. The molecule has 0 radical (unpaired) electrons. The second kappa shape index (κ2) is 30.0. The van der Waals surface area contributed by atoms with E-state index < -0.39 is 94.5 Å². The maximum Gasteiger partial charge on any atom is 0.300 e. The predicted octanol–water partition coefficient (Wildman–Crippen LogP) is 4.83. The Bertz CT molecular complexity index is 3510. The van der Waals surface area contributed by atoms with E-state index in [-0.39, 0.29) is 48.9 Å². The SMILES string of the molecule is CCCC[C@H](NC(=O)[C@@H]1CCCN1C(=O)[C@@H](Cc1ccccc1)NC(=O)[C@H](Cc1ccccc1)NC(=O)[C@@H](Cc1c[nH]c2ccccc12)NC(=O)[C@H](C)NC(=O)[C@H](CCCCNc1ccc([N+](=O)[O-])c2nonc12)NC(=O)c1ccccc1)C(N)=O. The number of hydrogen-bond acceptors (Lipinski definition) is 14. The van der Waals surface area contributed by atoms with E-state index in [0.29, 0.717) is 73.0 Å². The van der Waals surface area contributed by atoms with Crippen molar-refractivity contribution in [3.05, 3.63) is 166 Å². The van der Waals surface area contributed by atoms with Gasteiger partial charge in [0.2, 0.25) is 46.9 Å². The summed E-state index contributed by atoms with van der Waals surface area (Å²) in [6.45, 7) is 3.92. The quantitative estimate of drug-likeness (QED) is 0.0166. The first-order valence-corrected chi connectivity index (χ1v) is 28.8. The summed E-state index contributed by atoms with van der Waals surface area (Å²) >= 11 is 0. The Labute approximate surface area is 495 Å². The number of fused-ring (bicyclic) bond motifs is 2. The van der Waals surface area contributed by atoms with Gasteiger partial charge in [0, 0.05) is 61.1 Å². The molecule has 10 N–H and O–H groups in total. The van der Waals surface area contributed by atoms with Crippen molar-refractivity contribution in [1.29, 1.82) is 0 Å². The lowest BCUT2D eigenvalue weighted by Gasteiger charge is -2.31. The van der Waals surface area contributed by atoms with Crippen LogP contribution in [0.5, 0.6) is 0 Å². The van der Waals surface area contributed by atoms with Gasteiger partial charge in [-0.3, -0.25) is 48.5 Å². The number of anilines is 1. The largest absolute Gasteiger partial charge is 0.383 e. The molecule has 8 rings (SSSR count). The second-order valence-electron chi connectivity index (χ2n) is 21.3. The fourth-order valence-corrected chi connectivity index (χ4v) is 10.5. The minimum atomic E-state index is -1.36. The zero-order valence-electron chi connectivity index (χ0n) is 47.8. The second-order valence-corrected chi connectivity index (χ2v) is 21.3. The Morgan fingerprint density at radius 3 is 1.93 bits per heavy atom. The number of amides is 8. The molecule has 3 heterocycles. The number of H-pyrrole nitrogens is 1. The minimum absolute atomic E-state index is 0.0188. The third-order valence-corrected chi connectivity index (χ3v) is 15.1. The lowest BCUT2D eigenvalue weighted by molar-refractivity contribution is -0.383. The van der Waals surface area contributed by atoms with Crippen LogP contribution in [0.4, 0.5) is 11.4 Å². The lowest BCUT2D eigenvalue weighted by Crippen LogP contribution is -2.60. The molecule has 1 saturated heterocycles. The van der Waals surface area contributed by atoms with E-state index >= 15 is 4.79 Å². The number of nitrogens with two attached hydrogens (primary N) is 1. The van der Waals surface area contributed by atoms with Gasteiger partial charge in [-0.1, -0.05) is 117 Å². The van der Waals surface area contributed by atoms with Crippen LogP contribution < -0.4 is 43.0 Å². The molecule has 0 aliphatic carbocycles. The number of hydrogen-bond donors (Lipinski definition) is 9. The molecule has 450 valence electrons. The van der Waals surface area contributed by atoms with Crippen LogP contribution in [0.1, 0.15) is 92.3 Å². The van der Waals surface area contributed by atoms with Crippen molar-refractivity contribution in [2.45, 2.75) is 127 Å². The van der Waals surface area contributed by atoms with Crippen LogP contribution in [0.2, 0.25) is 0 Å². The van der Waals surface area contributed by atoms with Crippen LogP contribution in [0, 0.1) is 10.1 Å². The number of nitrogens with one attached hydrogen (secondary N) is 8. The van der Waals surface area contributed by atoms with Crippen molar-refractivity contribution in [2.75, 3.05) is 18.4 Å². The molecule has 1 aliphatic heterocycles. The molecule has 0 unspecified atom stereocenters. The van der Waals surface area contributed by atoms with Crippen molar-refractivity contribution in [3.63, 3.8) is 0 Å². The van der Waals surface area contributed by atoms with Gasteiger partial charge in [0.15, 0.2) is 5.52 Å². The fraction of sp³-hybridized carbons (Fsp3) is 0.355. The van der Waals surface area contributed by atoms with Gasteiger partial charge in [-0.25, -0.2) is 4.63 Å². The highest BCUT2D eigenvalue weighted by Gasteiger charge is 2.40. The van der Waals surface area contributed by atoms with Crippen LogP contribution in [0.15, 0.2) is 138 Å². The van der Waals surface area contributed by atoms with E-state index in [2.05, 4.69) is 52.5 Å². The van der Waals surface area contributed by atoms with Gasteiger partial charge in [0.1, 0.15) is 42.3 Å². The van der Waals surface area contributed by atoms with Crippen molar-refractivity contribution in [3.8, 4) is 0 Å². The molecule has 24 heteroatoms. The number of nitro benzene ring substituents is 1. The van der Waals surface area contributed by atoms with Gasteiger partial charge in [-0.05, 0) is 96.7 Å². The molecule has 24 nitrogen and oxygen atoms in total. The summed E-state index contributed by atoms with van der Waals surface area (Å²) in [7, 11) is 0. The highest BCUT2D eigenvalue weighted by Crippen LogP contribution is 2.29. The highest BCUT2D eigenvalue weighted by molar-refractivity contribution is 6.00. The topological polar surface area (TPSA) is 348 Å². The van der Waals surface area contributed by atoms with Crippen molar-refractivity contribution in [1.82, 2.24) is 52.1 Å². The van der Waals surface area contributed by atoms with Crippen LogP contribution in [-0.2, 0) is 52.8 Å². The number of aromatic amines is 1. The molecule has 0 saturated carbocycles. The van der Waals surface area contributed by atoms with Crippen molar-refractivity contribution >= 4 is 80.6 Å². The molecule has 0 spiro atoms. The standard InChI is InChI=1S/C62H71N13O11/c1-3-4-26-46(55(63)76)67-61(82)52-29-18-33-74(52)62(83)50(35-40-21-10-6-11-22-40)71-59(80)48(34-39-19-8-5-9-20-39)70-60(81)49(36-42-37-65-44-27-15-14-25-43(42)44)69-56(77)38(2)66-58(79)47(68-57(78)41-23-12-7-13-24-41)28-16-17-32-64-45-30-31-51(75(84)85)54-53(45)72-86-73-54/h5-15,19-25,27,30-31,37-38,46-50,52,64-65H,3-4,16-18,26,28-29,32-36H2,1-2H3,(H2,63,76)(H,66,79)(H,67,82)(H,68,78)(H,69,77)(H,70,81)(H,71,80)/t38-,46-,47-,48-,49+,50+,52-/m0/s1. The predicted molar refractivity (Wildman–Crippen MR) is 320 cm³/mol. The maximum atomic E-state index is 15.0. The highest BCUT2D eigenvalue weighted by atomic mass is 16.6. The van der Waals surface area contributed by atoms with E-state index in [1.54, 1.807) is 91.1 Å². The van der Waals surface area contributed by atoms with E-state index in [4.69, 9.17) is 10.4 Å². The molecule has 86 heavy (non-hydrogen) atoms. The summed E-state index contributed by atoms with van der Waals surface area (Å²) in [6.07, 6.45) is 5.13. The van der Waals surface area contributed by atoms with Gasteiger partial charge in [0.05, 0.1) is 10.6 Å². The monoisotopic (exact) mass is 1170 g/mol. The smallest absolute Gasteiger partial charge is 0.300 e. The van der Waals surface area contributed by atoms with Gasteiger partial charge in [-0.2, -0.15) is 0 Å². The molecule has 1 fully saturated rings. The zero-order chi connectivity index (χ0) is 61.1. The Kier molecular flexibility index (Phi) is 21.6. The number of para-hydroxylation sites is 1. The number of rotatable bonds is 30. The number of non-ortho nitro benzene ring substituents is 1. The Morgan fingerprint density at radius 1 is 0.663 bits per heavy atom. The molecule has 5 aromatic carbocycles. The molecular formula is C62H71N13O11. The number of unbranched alkanes of at least 4 members (excludes halogenated alkanes) is 2. The van der Waals surface area contributed by atoms with Crippen LogP contribution in [-0.4, -0.2) is 128 Å². The first-order valence-electron chi connectivity index (χ1n) is 28.8. The first-order chi connectivity index (χ1) is 41.6. The normalized spacial score (nSPS) is 15.0. The summed E-state index contributed by atoms with van der Waals surface area (Å²) in [6, 6.07) is 28.2. The van der Waals surface area contributed by atoms with E-state index in [1.807, 2.05) is 37.3 Å². The number of aromatic nitrogens is 3. The third-order valence-electron chi connectivity index (χ3n) is 15.1. The van der Waals surface area contributed by atoms with Crippen molar-refractivity contribution < 1.29 is 47.9 Å². The average Bonchev–Trinajstić information content (AvgIpc) is 3.94. The summed E-state index contributed by atoms with van der Waals surface area (Å²) < 4.78 is 4.77. The molecule has 2 aromatic heterocycles. The molecule has 0 bridgehead atoms. The zero-order valence-corrected chi connectivity index (χ0v) is 47.8. The maximum absolute atomic E-state index is 15.0. The average molecular weight is 1170 g/mol. The van der Waals surface area contributed by atoms with Crippen LogP contribution in [0.3, 0.4) is 0 Å². The van der Waals surface area contributed by atoms with E-state index in [9.17, 15) is 43.7 Å². The van der Waals surface area contributed by atoms with Crippen LogP contribution in [0.25, 0.3) is 21.9 Å². The Balaban J connectivity index is 0.999. The first kappa shape index (κ1) is 62.1. The lowest BCUT2D eigenvalue weighted by atomic mass is 10.00. The Morgan fingerprint density at radius 2 is 1.26 bits per heavy atom. The molecule has 8 amide bonds. The van der Waals surface area contributed by atoms with Crippen LogP contribution >= 0.6 is 0 Å². The fourth-order valence-electron chi connectivity index (χ4n) is 10.5. The van der Waals surface area contributed by atoms with Crippen molar-refractivity contribution in [2.24, 2.45) is 5.73 Å². The van der Waals surface area contributed by atoms with E-state index in [1.165, 1.54) is 24.0 Å². The number of nitrogens with zero attached hydrogens (tertiary/aromatic N) is 4.